The van der Waals surface area contributed by atoms with Crippen LogP contribution in [0.2, 0.25) is 0 Å². The van der Waals surface area contributed by atoms with E-state index in [1.165, 1.54) is 0 Å². The fraction of sp³-hybridized carbons (Fsp3) is 0.200. The highest BCUT2D eigenvalue weighted by Gasteiger charge is 2.17. The van der Waals surface area contributed by atoms with E-state index in [2.05, 4.69) is 19.9 Å². The van der Waals surface area contributed by atoms with Crippen LogP contribution in [0.3, 0.4) is 0 Å². The SMILES string of the molecule is CCOc1[nH]c(=O)n(-c2ccccc2)c(=O)c1N=Nc1cc(C)ccc1NS(C)(=O)=O. The molecule has 0 unspecified atom stereocenters. The van der Waals surface area contributed by atoms with Crippen molar-refractivity contribution in [1.29, 1.82) is 0 Å². The zero-order valence-electron chi connectivity index (χ0n) is 17.1. The Hall–Kier alpha value is -3.73. The molecule has 0 radical (unpaired) electrons. The summed E-state index contributed by atoms with van der Waals surface area (Å²) in [5.74, 6) is -0.126. The normalized spacial score (nSPS) is 11.6. The summed E-state index contributed by atoms with van der Waals surface area (Å²) >= 11 is 0. The first-order valence-corrected chi connectivity index (χ1v) is 11.2. The highest BCUT2D eigenvalue weighted by atomic mass is 32.2. The lowest BCUT2D eigenvalue weighted by molar-refractivity contribution is 0.325. The van der Waals surface area contributed by atoms with E-state index >= 15 is 0 Å². The first kappa shape index (κ1) is 22.0. The molecule has 10 nitrogen and oxygen atoms in total. The Morgan fingerprint density at radius 2 is 1.81 bits per heavy atom. The second kappa shape index (κ2) is 8.96. The number of para-hydroxylation sites is 1. The number of sulfonamides is 1. The van der Waals surface area contributed by atoms with Gasteiger partial charge in [-0.2, -0.15) is 0 Å². The summed E-state index contributed by atoms with van der Waals surface area (Å²) < 4.78 is 32.0. The van der Waals surface area contributed by atoms with E-state index in [4.69, 9.17) is 4.74 Å². The van der Waals surface area contributed by atoms with Crippen LogP contribution in [0.1, 0.15) is 12.5 Å². The van der Waals surface area contributed by atoms with Crippen molar-refractivity contribution in [1.82, 2.24) is 9.55 Å². The third-order valence-corrected chi connectivity index (χ3v) is 4.64. The van der Waals surface area contributed by atoms with Gasteiger partial charge in [0.1, 0.15) is 5.69 Å². The summed E-state index contributed by atoms with van der Waals surface area (Å²) in [6.07, 6.45) is 1.02. The predicted molar refractivity (Wildman–Crippen MR) is 118 cm³/mol. The zero-order valence-corrected chi connectivity index (χ0v) is 17.9. The minimum Gasteiger partial charge on any atom is -0.477 e. The molecule has 0 fully saturated rings. The van der Waals surface area contributed by atoms with Gasteiger partial charge in [0.2, 0.25) is 21.6 Å². The van der Waals surface area contributed by atoms with Crippen molar-refractivity contribution >= 4 is 27.1 Å². The second-order valence-electron chi connectivity index (χ2n) is 6.61. The smallest absolute Gasteiger partial charge is 0.335 e. The Bertz CT molecular complexity index is 1340. The Kier molecular flexibility index (Phi) is 6.35. The fourth-order valence-corrected chi connectivity index (χ4v) is 3.34. The van der Waals surface area contributed by atoms with Crippen LogP contribution in [0.25, 0.3) is 5.69 Å². The molecule has 0 saturated heterocycles. The van der Waals surface area contributed by atoms with E-state index in [1.54, 1.807) is 62.4 Å². The van der Waals surface area contributed by atoms with Crippen LogP contribution in [0.4, 0.5) is 17.1 Å². The molecular formula is C20H21N5O5S. The highest BCUT2D eigenvalue weighted by Crippen LogP contribution is 2.30. The van der Waals surface area contributed by atoms with Gasteiger partial charge >= 0.3 is 5.69 Å². The van der Waals surface area contributed by atoms with Crippen LogP contribution < -0.4 is 20.7 Å². The maximum atomic E-state index is 13.1. The number of H-pyrrole nitrogens is 1. The molecule has 11 heteroatoms. The number of ether oxygens (including phenoxy) is 1. The summed E-state index contributed by atoms with van der Waals surface area (Å²) in [7, 11) is -3.56. The average molecular weight is 443 g/mol. The van der Waals surface area contributed by atoms with Gasteiger partial charge in [0, 0.05) is 0 Å². The number of hydrogen-bond acceptors (Lipinski definition) is 7. The van der Waals surface area contributed by atoms with E-state index in [9.17, 15) is 18.0 Å². The molecule has 0 aliphatic carbocycles. The summed E-state index contributed by atoms with van der Waals surface area (Å²) in [5, 5.41) is 8.09. The monoisotopic (exact) mass is 443 g/mol. The average Bonchev–Trinajstić information content (AvgIpc) is 2.69. The number of nitrogens with one attached hydrogen (secondary N) is 2. The van der Waals surface area contributed by atoms with Gasteiger partial charge in [-0.05, 0) is 43.7 Å². The number of aryl methyl sites for hydroxylation is 1. The molecular weight excluding hydrogens is 422 g/mol. The number of aromatic nitrogens is 2. The van der Waals surface area contributed by atoms with E-state index in [0.717, 1.165) is 16.4 Å². The molecule has 0 aliphatic heterocycles. The molecule has 0 atom stereocenters. The van der Waals surface area contributed by atoms with Gasteiger partial charge in [0.25, 0.3) is 5.56 Å². The Labute approximate surface area is 178 Å². The van der Waals surface area contributed by atoms with E-state index in [-0.39, 0.29) is 29.5 Å². The molecule has 0 bridgehead atoms. The van der Waals surface area contributed by atoms with Gasteiger partial charge in [-0.1, -0.05) is 24.3 Å². The van der Waals surface area contributed by atoms with Crippen LogP contribution in [-0.4, -0.2) is 30.8 Å². The number of nitrogens with zero attached hydrogens (tertiary/aromatic N) is 3. The van der Waals surface area contributed by atoms with Crippen molar-refractivity contribution in [2.45, 2.75) is 13.8 Å². The summed E-state index contributed by atoms with van der Waals surface area (Å²) in [5.41, 5.74) is -0.0880. The number of azo groups is 1. The molecule has 3 rings (SSSR count). The van der Waals surface area contributed by atoms with Crippen molar-refractivity contribution < 1.29 is 13.2 Å². The van der Waals surface area contributed by atoms with Crippen molar-refractivity contribution in [3.63, 3.8) is 0 Å². The second-order valence-corrected chi connectivity index (χ2v) is 8.36. The molecule has 31 heavy (non-hydrogen) atoms. The molecule has 0 spiro atoms. The standard InChI is InChI=1S/C20H21N5O5S/c1-4-30-18-17(19(26)25(20(27)21-18)14-8-6-5-7-9-14)23-22-16-12-13(2)10-11-15(16)24-31(3,28)29/h5-12,24H,4H2,1-3H3,(H,21,27). The van der Waals surface area contributed by atoms with Gasteiger partial charge in [-0.15, -0.1) is 10.2 Å². The number of hydrogen-bond donors (Lipinski definition) is 2. The Morgan fingerprint density at radius 1 is 1.10 bits per heavy atom. The highest BCUT2D eigenvalue weighted by molar-refractivity contribution is 7.92. The quantitative estimate of drug-likeness (QED) is 0.541. The van der Waals surface area contributed by atoms with Crippen LogP contribution in [-0.2, 0) is 10.0 Å². The molecule has 0 saturated carbocycles. The van der Waals surface area contributed by atoms with Crippen LogP contribution in [0.15, 0.2) is 68.3 Å². The number of aromatic amines is 1. The van der Waals surface area contributed by atoms with E-state index < -0.39 is 21.3 Å². The van der Waals surface area contributed by atoms with Crippen LogP contribution in [0, 0.1) is 6.92 Å². The third-order valence-electron chi connectivity index (χ3n) is 4.05. The number of anilines is 1. The summed E-state index contributed by atoms with van der Waals surface area (Å²) in [4.78, 5) is 28.1. The summed E-state index contributed by atoms with van der Waals surface area (Å²) in [6.45, 7) is 3.67. The predicted octanol–water partition coefficient (Wildman–Crippen LogP) is 3.02. The lowest BCUT2D eigenvalue weighted by Crippen LogP contribution is -2.33. The molecule has 2 N–H and O–H groups in total. The third kappa shape index (κ3) is 5.25. The lowest BCUT2D eigenvalue weighted by Gasteiger charge is -2.10. The van der Waals surface area contributed by atoms with Crippen LogP contribution in [0.5, 0.6) is 5.88 Å². The maximum Gasteiger partial charge on any atom is 0.335 e. The fourth-order valence-electron chi connectivity index (χ4n) is 2.77. The minimum absolute atomic E-state index is 0.126. The number of benzene rings is 2. The molecule has 3 aromatic rings. The minimum atomic E-state index is -3.56. The van der Waals surface area contributed by atoms with Crippen molar-refractivity contribution in [3.05, 3.63) is 74.9 Å². The lowest BCUT2D eigenvalue weighted by atomic mass is 10.2. The maximum absolute atomic E-state index is 13.1. The van der Waals surface area contributed by atoms with Gasteiger partial charge in [-0.3, -0.25) is 14.5 Å². The summed E-state index contributed by atoms with van der Waals surface area (Å²) in [6, 6.07) is 13.2. The van der Waals surface area contributed by atoms with Crippen LogP contribution >= 0.6 is 0 Å². The first-order valence-electron chi connectivity index (χ1n) is 9.27. The number of rotatable bonds is 7. The first-order chi connectivity index (χ1) is 14.7. The zero-order chi connectivity index (χ0) is 22.6. The molecule has 1 aromatic heterocycles. The van der Waals surface area contributed by atoms with Gasteiger partial charge in [-0.25, -0.2) is 17.8 Å². The van der Waals surface area contributed by atoms with Gasteiger partial charge in [0.15, 0.2) is 0 Å². The van der Waals surface area contributed by atoms with E-state index in [1.807, 2.05) is 0 Å². The molecule has 0 aliphatic rings. The Balaban J connectivity index is 2.17. The molecule has 162 valence electrons. The molecule has 1 heterocycles. The Morgan fingerprint density at radius 3 is 2.45 bits per heavy atom. The molecule has 2 aromatic carbocycles. The van der Waals surface area contributed by atoms with Crippen molar-refractivity contribution in [3.8, 4) is 11.6 Å². The molecule has 0 amide bonds. The van der Waals surface area contributed by atoms with Gasteiger partial charge in [0.05, 0.1) is 24.2 Å². The van der Waals surface area contributed by atoms with Crippen molar-refractivity contribution in [2.24, 2.45) is 10.2 Å². The largest absolute Gasteiger partial charge is 0.477 e. The van der Waals surface area contributed by atoms with Gasteiger partial charge < -0.3 is 4.74 Å². The topological polar surface area (TPSA) is 135 Å². The van der Waals surface area contributed by atoms with E-state index in [0.29, 0.717) is 5.69 Å². The van der Waals surface area contributed by atoms with Crippen molar-refractivity contribution in [2.75, 3.05) is 17.6 Å².